The van der Waals surface area contributed by atoms with Crippen LogP contribution in [0.2, 0.25) is 0 Å². The van der Waals surface area contributed by atoms with E-state index in [1.807, 2.05) is 36.4 Å². The van der Waals surface area contributed by atoms with Gasteiger partial charge in [-0.2, -0.15) is 0 Å². The average Bonchev–Trinajstić information content (AvgIpc) is 2.73. The predicted molar refractivity (Wildman–Crippen MR) is 110 cm³/mol. The van der Waals surface area contributed by atoms with Gasteiger partial charge in [-0.25, -0.2) is 0 Å². The first-order valence-corrected chi connectivity index (χ1v) is 9.43. The molecule has 0 amide bonds. The molecule has 2 aromatic carbocycles. The van der Waals surface area contributed by atoms with Gasteiger partial charge in [0, 0.05) is 49.5 Å². The molecule has 1 heterocycles. The van der Waals surface area contributed by atoms with Crippen LogP contribution in [0, 0.1) is 0 Å². The van der Waals surface area contributed by atoms with Gasteiger partial charge >= 0.3 is 0 Å². The van der Waals surface area contributed by atoms with E-state index in [1.165, 1.54) is 0 Å². The largest absolute Gasteiger partial charge is 0.493 e. The summed E-state index contributed by atoms with van der Waals surface area (Å²) in [6.07, 6.45) is 0. The molecule has 0 bridgehead atoms. The number of carbonyl (C=O) groups is 1. The zero-order valence-electron chi connectivity index (χ0n) is 17.0. The maximum absolute atomic E-state index is 11.4. The molecule has 1 saturated heterocycles. The highest BCUT2D eigenvalue weighted by molar-refractivity contribution is 5.94. The second kappa shape index (κ2) is 8.97. The summed E-state index contributed by atoms with van der Waals surface area (Å²) in [5.74, 6) is 2.12. The Hall–Kier alpha value is -2.73. The number of ketones is 1. The number of carbonyl (C=O) groups excluding carboxylic acids is 1. The first-order chi connectivity index (χ1) is 13.6. The fourth-order valence-electron chi connectivity index (χ4n) is 3.60. The topological polar surface area (TPSA) is 51.2 Å². The van der Waals surface area contributed by atoms with E-state index in [-0.39, 0.29) is 5.78 Å². The van der Waals surface area contributed by atoms with Crippen molar-refractivity contribution in [2.75, 3.05) is 52.4 Å². The fraction of sp³-hybridized carbons (Fsp3) is 0.409. The highest BCUT2D eigenvalue weighted by Gasteiger charge is 2.21. The third kappa shape index (κ3) is 4.22. The molecule has 0 radical (unpaired) electrons. The Balaban J connectivity index is 1.65. The number of anilines is 1. The zero-order chi connectivity index (χ0) is 20.1. The molecule has 0 aromatic heterocycles. The van der Waals surface area contributed by atoms with Crippen molar-refractivity contribution in [3.63, 3.8) is 0 Å². The number of rotatable bonds is 7. The lowest BCUT2D eigenvalue weighted by molar-refractivity contribution is 0.101. The Labute approximate surface area is 166 Å². The van der Waals surface area contributed by atoms with Gasteiger partial charge in [-0.15, -0.1) is 0 Å². The van der Waals surface area contributed by atoms with Crippen LogP contribution in [0.4, 0.5) is 5.69 Å². The number of nitrogens with zero attached hydrogens (tertiary/aromatic N) is 2. The monoisotopic (exact) mass is 384 g/mol. The van der Waals surface area contributed by atoms with Crippen LogP contribution in [0.25, 0.3) is 0 Å². The van der Waals surface area contributed by atoms with Gasteiger partial charge in [0.05, 0.1) is 21.3 Å². The summed E-state index contributed by atoms with van der Waals surface area (Å²) in [7, 11) is 4.91. The molecule has 0 aliphatic carbocycles. The van der Waals surface area contributed by atoms with Crippen LogP contribution >= 0.6 is 0 Å². The maximum Gasteiger partial charge on any atom is 0.203 e. The normalized spacial score (nSPS) is 14.6. The summed E-state index contributed by atoms with van der Waals surface area (Å²) in [5.41, 5.74) is 3.00. The smallest absolute Gasteiger partial charge is 0.203 e. The summed E-state index contributed by atoms with van der Waals surface area (Å²) in [4.78, 5) is 16.2. The zero-order valence-corrected chi connectivity index (χ0v) is 17.0. The minimum atomic E-state index is 0.0974. The van der Waals surface area contributed by atoms with Crippen LogP contribution in [0.15, 0.2) is 36.4 Å². The van der Waals surface area contributed by atoms with Gasteiger partial charge < -0.3 is 19.1 Å². The molecular formula is C22H28N2O4. The molecular weight excluding hydrogens is 356 g/mol. The van der Waals surface area contributed by atoms with Gasteiger partial charge in [0.1, 0.15) is 0 Å². The molecule has 0 atom stereocenters. The maximum atomic E-state index is 11.4. The molecule has 6 nitrogen and oxygen atoms in total. The van der Waals surface area contributed by atoms with E-state index in [2.05, 4.69) is 9.80 Å². The fourth-order valence-corrected chi connectivity index (χ4v) is 3.60. The van der Waals surface area contributed by atoms with Gasteiger partial charge in [0.15, 0.2) is 17.3 Å². The van der Waals surface area contributed by atoms with Crippen LogP contribution < -0.4 is 19.1 Å². The van der Waals surface area contributed by atoms with Crippen molar-refractivity contribution in [3.05, 3.63) is 47.5 Å². The molecule has 1 aliphatic rings. The molecule has 0 spiro atoms. The van der Waals surface area contributed by atoms with E-state index in [0.29, 0.717) is 11.5 Å². The molecule has 28 heavy (non-hydrogen) atoms. The van der Waals surface area contributed by atoms with Crippen LogP contribution in [-0.4, -0.2) is 58.2 Å². The Morgan fingerprint density at radius 1 is 0.857 bits per heavy atom. The molecule has 0 unspecified atom stereocenters. The molecule has 3 rings (SSSR count). The lowest BCUT2D eigenvalue weighted by Crippen LogP contribution is -2.46. The highest BCUT2D eigenvalue weighted by Crippen LogP contribution is 2.40. The summed E-state index contributed by atoms with van der Waals surface area (Å²) < 4.78 is 16.5. The van der Waals surface area contributed by atoms with E-state index in [1.54, 1.807) is 28.3 Å². The third-order valence-electron chi connectivity index (χ3n) is 5.19. The van der Waals surface area contributed by atoms with E-state index < -0.39 is 0 Å². The number of ether oxygens (including phenoxy) is 3. The number of hydrogen-bond donors (Lipinski definition) is 0. The number of methoxy groups -OCH3 is 3. The lowest BCUT2D eigenvalue weighted by atomic mass is 10.1. The summed E-state index contributed by atoms with van der Waals surface area (Å²) >= 11 is 0. The molecule has 150 valence electrons. The SMILES string of the molecule is COc1ccc(CN2CCN(c3ccc(C(C)=O)cc3)CC2)c(OC)c1OC. The van der Waals surface area contributed by atoms with Crippen LogP contribution in [0.3, 0.4) is 0 Å². The van der Waals surface area contributed by atoms with Crippen LogP contribution in [0.5, 0.6) is 17.2 Å². The predicted octanol–water partition coefficient (Wildman–Crippen LogP) is 3.24. The van der Waals surface area contributed by atoms with Crippen molar-refractivity contribution >= 4 is 11.5 Å². The Bertz CT molecular complexity index is 812. The molecule has 0 saturated carbocycles. The molecule has 2 aromatic rings. The van der Waals surface area contributed by atoms with Gasteiger partial charge in [-0.05, 0) is 37.3 Å². The van der Waals surface area contributed by atoms with Crippen molar-refractivity contribution in [1.29, 1.82) is 0 Å². The number of benzene rings is 2. The van der Waals surface area contributed by atoms with Crippen molar-refractivity contribution in [1.82, 2.24) is 4.90 Å². The van der Waals surface area contributed by atoms with Gasteiger partial charge in [0.2, 0.25) is 5.75 Å². The average molecular weight is 384 g/mol. The Kier molecular flexibility index (Phi) is 6.41. The molecule has 6 heteroatoms. The molecule has 0 N–H and O–H groups in total. The minimum Gasteiger partial charge on any atom is -0.493 e. The number of piperazine rings is 1. The van der Waals surface area contributed by atoms with Gasteiger partial charge in [-0.3, -0.25) is 9.69 Å². The second-order valence-electron chi connectivity index (χ2n) is 6.86. The van der Waals surface area contributed by atoms with Crippen molar-refractivity contribution < 1.29 is 19.0 Å². The first-order valence-electron chi connectivity index (χ1n) is 9.43. The van der Waals surface area contributed by atoms with E-state index in [4.69, 9.17) is 14.2 Å². The van der Waals surface area contributed by atoms with E-state index >= 15 is 0 Å². The lowest BCUT2D eigenvalue weighted by Gasteiger charge is -2.36. The summed E-state index contributed by atoms with van der Waals surface area (Å²) in [6.45, 7) is 6.17. The van der Waals surface area contributed by atoms with E-state index in [9.17, 15) is 4.79 Å². The van der Waals surface area contributed by atoms with Gasteiger partial charge in [0.25, 0.3) is 0 Å². The first kappa shape index (κ1) is 20.0. The molecule has 1 fully saturated rings. The summed E-state index contributed by atoms with van der Waals surface area (Å²) in [6, 6.07) is 11.8. The Morgan fingerprint density at radius 2 is 1.50 bits per heavy atom. The summed E-state index contributed by atoms with van der Waals surface area (Å²) in [5, 5.41) is 0. The number of Topliss-reactive ketones (excluding diaryl/α,β-unsaturated/α-hetero) is 1. The van der Waals surface area contributed by atoms with Crippen LogP contribution in [0.1, 0.15) is 22.8 Å². The Morgan fingerprint density at radius 3 is 2.04 bits per heavy atom. The third-order valence-corrected chi connectivity index (χ3v) is 5.19. The van der Waals surface area contributed by atoms with Crippen molar-refractivity contribution in [2.24, 2.45) is 0 Å². The minimum absolute atomic E-state index is 0.0974. The quantitative estimate of drug-likeness (QED) is 0.683. The van der Waals surface area contributed by atoms with Crippen molar-refractivity contribution in [3.8, 4) is 17.2 Å². The standard InChI is InChI=1S/C22H28N2O4/c1-16(25)17-5-8-19(9-6-17)24-13-11-23(12-14-24)15-18-7-10-20(26-2)22(28-4)21(18)27-3/h5-10H,11-15H2,1-4H3. The highest BCUT2D eigenvalue weighted by atomic mass is 16.5. The second-order valence-corrected chi connectivity index (χ2v) is 6.86. The molecule has 1 aliphatic heterocycles. The van der Waals surface area contributed by atoms with Crippen LogP contribution in [-0.2, 0) is 6.54 Å². The number of hydrogen-bond acceptors (Lipinski definition) is 6. The van der Waals surface area contributed by atoms with Crippen molar-refractivity contribution in [2.45, 2.75) is 13.5 Å². The van der Waals surface area contributed by atoms with E-state index in [0.717, 1.165) is 55.3 Å². The van der Waals surface area contributed by atoms with Gasteiger partial charge in [-0.1, -0.05) is 6.07 Å².